The lowest BCUT2D eigenvalue weighted by molar-refractivity contribution is 0.131. The van der Waals surface area contributed by atoms with Crippen LogP contribution < -0.4 is 0 Å². The first kappa shape index (κ1) is 17.3. The predicted molar refractivity (Wildman–Crippen MR) is 100 cm³/mol. The molecule has 0 aromatic heterocycles. The number of hydrazone groups is 1. The van der Waals surface area contributed by atoms with E-state index >= 15 is 0 Å². The zero-order valence-electron chi connectivity index (χ0n) is 14.8. The zero-order chi connectivity index (χ0) is 17.8. The Labute approximate surface area is 148 Å². The van der Waals surface area contributed by atoms with E-state index in [1.54, 1.807) is 18.3 Å². The maximum Gasteiger partial charge on any atom is 0.128 e. The van der Waals surface area contributed by atoms with Gasteiger partial charge in [-0.05, 0) is 37.1 Å². The van der Waals surface area contributed by atoms with Crippen LogP contribution in [0.2, 0.25) is 0 Å². The van der Waals surface area contributed by atoms with E-state index in [0.29, 0.717) is 5.56 Å². The summed E-state index contributed by atoms with van der Waals surface area (Å²) in [5.74, 6) is 0.0897. The minimum Gasteiger partial charge on any atom is -0.508 e. The SMILES string of the molecule is Cc1ccc(CN2CCN(/N=C\c3ccc(O)cc3O)CC2)c(C)c1. The second-order valence-electron chi connectivity index (χ2n) is 6.65. The lowest BCUT2D eigenvalue weighted by Gasteiger charge is -2.33. The number of benzene rings is 2. The van der Waals surface area contributed by atoms with Gasteiger partial charge in [0, 0.05) is 44.4 Å². The number of nitrogens with zero attached hydrogens (tertiary/aromatic N) is 3. The number of aromatic hydroxyl groups is 2. The van der Waals surface area contributed by atoms with Crippen molar-refractivity contribution in [3.05, 3.63) is 58.7 Å². The van der Waals surface area contributed by atoms with E-state index in [2.05, 4.69) is 42.0 Å². The van der Waals surface area contributed by atoms with Crippen LogP contribution in [0.4, 0.5) is 0 Å². The van der Waals surface area contributed by atoms with Crippen LogP contribution in [0.25, 0.3) is 0 Å². The van der Waals surface area contributed by atoms with Crippen molar-refractivity contribution in [1.29, 1.82) is 0 Å². The third kappa shape index (κ3) is 4.51. The van der Waals surface area contributed by atoms with E-state index in [1.807, 2.05) is 5.01 Å². The summed E-state index contributed by atoms with van der Waals surface area (Å²) in [4.78, 5) is 2.45. The minimum absolute atomic E-state index is 0.0391. The van der Waals surface area contributed by atoms with Crippen molar-refractivity contribution < 1.29 is 10.2 Å². The molecule has 3 rings (SSSR count). The first-order chi connectivity index (χ1) is 12.0. The van der Waals surface area contributed by atoms with Gasteiger partial charge >= 0.3 is 0 Å². The van der Waals surface area contributed by atoms with Crippen LogP contribution in [-0.4, -0.2) is 52.5 Å². The number of phenolic OH excluding ortho intramolecular Hbond substituents is 2. The molecule has 2 aromatic rings. The third-order valence-corrected chi connectivity index (χ3v) is 4.61. The standard InChI is InChI=1S/C20H25N3O2/c1-15-3-4-18(16(2)11-15)14-22-7-9-23(10-8-22)21-13-17-5-6-19(24)12-20(17)25/h3-6,11-13,24-25H,7-10,14H2,1-2H3/b21-13-. The molecule has 132 valence electrons. The average Bonchev–Trinajstić information content (AvgIpc) is 2.58. The molecule has 0 saturated carbocycles. The van der Waals surface area contributed by atoms with Gasteiger partial charge in [0.15, 0.2) is 0 Å². The van der Waals surface area contributed by atoms with Crippen molar-refractivity contribution >= 4 is 6.21 Å². The first-order valence-corrected chi connectivity index (χ1v) is 8.60. The molecule has 2 aromatic carbocycles. The van der Waals surface area contributed by atoms with Crippen LogP contribution in [-0.2, 0) is 6.54 Å². The van der Waals surface area contributed by atoms with Gasteiger partial charge in [-0.1, -0.05) is 23.8 Å². The zero-order valence-corrected chi connectivity index (χ0v) is 14.8. The lowest BCUT2D eigenvalue weighted by atomic mass is 10.1. The normalized spacial score (nSPS) is 15.8. The van der Waals surface area contributed by atoms with Crippen LogP contribution in [0, 0.1) is 13.8 Å². The number of hydrogen-bond donors (Lipinski definition) is 2. The molecule has 25 heavy (non-hydrogen) atoms. The highest BCUT2D eigenvalue weighted by Crippen LogP contribution is 2.21. The van der Waals surface area contributed by atoms with E-state index in [9.17, 15) is 10.2 Å². The topological polar surface area (TPSA) is 59.3 Å². The van der Waals surface area contributed by atoms with Crippen LogP contribution in [0.1, 0.15) is 22.3 Å². The average molecular weight is 339 g/mol. The Kier molecular flexibility index (Phi) is 5.24. The van der Waals surface area contributed by atoms with Crippen molar-refractivity contribution in [3.63, 3.8) is 0 Å². The molecule has 0 atom stereocenters. The number of aryl methyl sites for hydroxylation is 2. The maximum atomic E-state index is 9.79. The number of phenols is 2. The summed E-state index contributed by atoms with van der Waals surface area (Å²) < 4.78 is 0. The molecular formula is C20H25N3O2. The van der Waals surface area contributed by atoms with E-state index in [4.69, 9.17) is 0 Å². The van der Waals surface area contributed by atoms with E-state index in [-0.39, 0.29) is 11.5 Å². The fourth-order valence-electron chi connectivity index (χ4n) is 3.06. The molecule has 1 saturated heterocycles. The van der Waals surface area contributed by atoms with Gasteiger partial charge in [0.05, 0.1) is 6.21 Å². The minimum atomic E-state index is 0.0391. The number of rotatable bonds is 4. The Morgan fingerprint density at radius 2 is 1.76 bits per heavy atom. The van der Waals surface area contributed by atoms with Crippen LogP contribution in [0.15, 0.2) is 41.5 Å². The monoisotopic (exact) mass is 339 g/mol. The van der Waals surface area contributed by atoms with Crippen LogP contribution in [0.5, 0.6) is 11.5 Å². The molecule has 1 aliphatic heterocycles. The molecule has 5 nitrogen and oxygen atoms in total. The smallest absolute Gasteiger partial charge is 0.128 e. The van der Waals surface area contributed by atoms with Gasteiger partial charge in [-0.25, -0.2) is 0 Å². The Morgan fingerprint density at radius 3 is 2.44 bits per heavy atom. The summed E-state index contributed by atoms with van der Waals surface area (Å²) >= 11 is 0. The second-order valence-corrected chi connectivity index (χ2v) is 6.65. The van der Waals surface area contributed by atoms with Crippen molar-refractivity contribution in [2.24, 2.45) is 5.10 Å². The van der Waals surface area contributed by atoms with Crippen LogP contribution >= 0.6 is 0 Å². The number of hydrogen-bond acceptors (Lipinski definition) is 5. The molecule has 2 N–H and O–H groups in total. The fourth-order valence-corrected chi connectivity index (χ4v) is 3.06. The summed E-state index contributed by atoms with van der Waals surface area (Å²) in [5.41, 5.74) is 4.65. The van der Waals surface area contributed by atoms with Gasteiger partial charge in [-0.3, -0.25) is 9.91 Å². The van der Waals surface area contributed by atoms with Crippen molar-refractivity contribution in [3.8, 4) is 11.5 Å². The lowest BCUT2D eigenvalue weighted by Crippen LogP contribution is -2.43. The summed E-state index contributed by atoms with van der Waals surface area (Å²) in [5, 5.41) is 25.6. The Morgan fingerprint density at radius 1 is 1.00 bits per heavy atom. The largest absolute Gasteiger partial charge is 0.508 e. The molecule has 0 bridgehead atoms. The Balaban J connectivity index is 1.54. The molecule has 5 heteroatoms. The van der Waals surface area contributed by atoms with Gasteiger partial charge < -0.3 is 10.2 Å². The van der Waals surface area contributed by atoms with E-state index in [1.165, 1.54) is 22.8 Å². The highest BCUT2D eigenvalue weighted by molar-refractivity contribution is 5.83. The van der Waals surface area contributed by atoms with Crippen molar-refractivity contribution in [2.45, 2.75) is 20.4 Å². The molecule has 0 radical (unpaired) electrons. The number of piperazine rings is 1. The molecule has 1 fully saturated rings. The van der Waals surface area contributed by atoms with Crippen molar-refractivity contribution in [1.82, 2.24) is 9.91 Å². The highest BCUT2D eigenvalue weighted by atomic mass is 16.3. The first-order valence-electron chi connectivity index (χ1n) is 8.60. The molecule has 1 aliphatic rings. The van der Waals surface area contributed by atoms with E-state index in [0.717, 1.165) is 32.7 Å². The quantitative estimate of drug-likeness (QED) is 0.841. The molecule has 1 heterocycles. The van der Waals surface area contributed by atoms with E-state index < -0.39 is 0 Å². The highest BCUT2D eigenvalue weighted by Gasteiger charge is 2.16. The van der Waals surface area contributed by atoms with Gasteiger partial charge in [0.25, 0.3) is 0 Å². The molecule has 0 amide bonds. The molecule has 0 spiro atoms. The van der Waals surface area contributed by atoms with Gasteiger partial charge in [0.1, 0.15) is 11.5 Å². The summed E-state index contributed by atoms with van der Waals surface area (Å²) in [7, 11) is 0. The van der Waals surface area contributed by atoms with Crippen molar-refractivity contribution in [2.75, 3.05) is 26.2 Å². The molecule has 0 unspecified atom stereocenters. The summed E-state index contributed by atoms with van der Waals surface area (Å²) in [6.45, 7) is 8.92. The maximum absolute atomic E-state index is 9.79. The van der Waals surface area contributed by atoms with Gasteiger partial charge in [-0.2, -0.15) is 5.10 Å². The second kappa shape index (κ2) is 7.57. The fraction of sp³-hybridized carbons (Fsp3) is 0.350. The summed E-state index contributed by atoms with van der Waals surface area (Å²) in [6.07, 6.45) is 1.65. The Bertz CT molecular complexity index is 766. The van der Waals surface area contributed by atoms with Crippen LogP contribution in [0.3, 0.4) is 0 Å². The van der Waals surface area contributed by atoms with Gasteiger partial charge in [-0.15, -0.1) is 0 Å². The molecule has 0 aliphatic carbocycles. The predicted octanol–water partition coefficient (Wildman–Crippen LogP) is 2.87. The molecular weight excluding hydrogens is 314 g/mol. The van der Waals surface area contributed by atoms with Gasteiger partial charge in [0.2, 0.25) is 0 Å². The summed E-state index contributed by atoms with van der Waals surface area (Å²) in [6, 6.07) is 11.2. The Hall–Kier alpha value is -2.53. The third-order valence-electron chi connectivity index (χ3n) is 4.61.